The highest BCUT2D eigenvalue weighted by molar-refractivity contribution is 5.15. The molecule has 0 aliphatic heterocycles. The third kappa shape index (κ3) is 1.50. The van der Waals surface area contributed by atoms with Gasteiger partial charge in [-0.2, -0.15) is 0 Å². The molecular weight excluding hydrogens is 132 g/mol. The van der Waals surface area contributed by atoms with Gasteiger partial charge in [-0.1, -0.05) is 39.3 Å². The second-order valence-corrected chi connectivity index (χ2v) is 4.41. The Morgan fingerprint density at radius 3 is 2.64 bits per heavy atom. The number of hydrogen-bond acceptors (Lipinski definition) is 0. The monoisotopic (exact) mass is 154 g/mol. The Bertz CT molecular complexity index is 203. The van der Waals surface area contributed by atoms with Crippen LogP contribution in [0.4, 0.5) is 0 Å². The standard InChI is InChI=1S/C11H20/c1-8-6-9(2)11(4,5)10(3)7-8/h6,8,10H,7H2,1-5H3/i7T. The summed E-state index contributed by atoms with van der Waals surface area (Å²) >= 11 is 0. The van der Waals surface area contributed by atoms with E-state index in [1.807, 2.05) is 0 Å². The van der Waals surface area contributed by atoms with Gasteiger partial charge in [0.15, 0.2) is 0 Å². The first-order valence-corrected chi connectivity index (χ1v) is 4.48. The molecule has 0 aromatic rings. The van der Waals surface area contributed by atoms with E-state index in [2.05, 4.69) is 40.7 Å². The fraction of sp³-hybridized carbons (Fsp3) is 0.818. The predicted octanol–water partition coefficient (Wildman–Crippen LogP) is 3.63. The van der Waals surface area contributed by atoms with Gasteiger partial charge in [-0.05, 0) is 30.6 Å². The summed E-state index contributed by atoms with van der Waals surface area (Å²) in [6, 6.07) is 0. The van der Waals surface area contributed by atoms with Crippen molar-refractivity contribution in [1.29, 1.82) is 0 Å². The maximum absolute atomic E-state index is 7.99. The fourth-order valence-electron chi connectivity index (χ4n) is 1.72. The lowest BCUT2D eigenvalue weighted by Crippen LogP contribution is -2.28. The highest BCUT2D eigenvalue weighted by atomic mass is 14.4. The highest BCUT2D eigenvalue weighted by Crippen LogP contribution is 2.42. The van der Waals surface area contributed by atoms with Crippen molar-refractivity contribution in [2.45, 2.75) is 41.0 Å². The van der Waals surface area contributed by atoms with Gasteiger partial charge >= 0.3 is 0 Å². The van der Waals surface area contributed by atoms with Crippen molar-refractivity contribution in [3.63, 3.8) is 0 Å². The molecule has 0 nitrogen and oxygen atoms in total. The molecule has 3 atom stereocenters. The molecule has 0 amide bonds. The van der Waals surface area contributed by atoms with E-state index in [0.29, 0.717) is 11.8 Å². The van der Waals surface area contributed by atoms with E-state index in [4.69, 9.17) is 1.37 Å². The molecule has 11 heavy (non-hydrogen) atoms. The Morgan fingerprint density at radius 1 is 1.55 bits per heavy atom. The molecule has 0 saturated heterocycles. The summed E-state index contributed by atoms with van der Waals surface area (Å²) in [5.41, 5.74) is 1.67. The molecule has 0 radical (unpaired) electrons. The van der Waals surface area contributed by atoms with Crippen molar-refractivity contribution in [2.75, 3.05) is 0 Å². The van der Waals surface area contributed by atoms with Crippen LogP contribution in [0.5, 0.6) is 0 Å². The van der Waals surface area contributed by atoms with Crippen molar-refractivity contribution >= 4 is 0 Å². The summed E-state index contributed by atoms with van der Waals surface area (Å²) in [5.74, 6) is 0.894. The van der Waals surface area contributed by atoms with Gasteiger partial charge < -0.3 is 0 Å². The van der Waals surface area contributed by atoms with Crippen LogP contribution < -0.4 is 0 Å². The summed E-state index contributed by atoms with van der Waals surface area (Å²) in [6.07, 6.45) is 2.33. The quantitative estimate of drug-likeness (QED) is 0.467. The largest absolute Gasteiger partial charge is 0.0822 e. The Morgan fingerprint density at radius 2 is 2.09 bits per heavy atom. The zero-order chi connectivity index (χ0) is 9.52. The molecule has 1 aliphatic rings. The van der Waals surface area contributed by atoms with E-state index in [0.717, 1.165) is 0 Å². The molecule has 0 aromatic heterocycles. The molecule has 1 rings (SSSR count). The van der Waals surface area contributed by atoms with E-state index in [9.17, 15) is 0 Å². The van der Waals surface area contributed by atoms with Gasteiger partial charge in [-0.25, -0.2) is 0 Å². The Kier molecular flexibility index (Phi) is 1.78. The van der Waals surface area contributed by atoms with Crippen LogP contribution in [0.2, 0.25) is 0 Å². The van der Waals surface area contributed by atoms with E-state index >= 15 is 0 Å². The number of rotatable bonds is 0. The zero-order valence-corrected chi connectivity index (χ0v) is 8.31. The molecule has 0 heterocycles. The topological polar surface area (TPSA) is 0 Å². The Labute approximate surface area is 72.1 Å². The van der Waals surface area contributed by atoms with Gasteiger partial charge in [0.25, 0.3) is 0 Å². The van der Waals surface area contributed by atoms with Crippen molar-refractivity contribution in [3.05, 3.63) is 11.6 Å². The first-order chi connectivity index (χ1) is 5.37. The average Bonchev–Trinajstić information content (AvgIpc) is 1.99. The van der Waals surface area contributed by atoms with Gasteiger partial charge in [0.1, 0.15) is 0 Å². The molecule has 0 saturated carbocycles. The van der Waals surface area contributed by atoms with Gasteiger partial charge in [-0.15, -0.1) is 0 Å². The van der Waals surface area contributed by atoms with Crippen molar-refractivity contribution in [3.8, 4) is 0 Å². The molecule has 3 unspecified atom stereocenters. The van der Waals surface area contributed by atoms with Gasteiger partial charge in [0.05, 0.1) is 0 Å². The van der Waals surface area contributed by atoms with Crippen LogP contribution in [-0.2, 0) is 0 Å². The van der Waals surface area contributed by atoms with E-state index < -0.39 is 0 Å². The van der Waals surface area contributed by atoms with Crippen LogP contribution in [0, 0.1) is 17.3 Å². The molecule has 0 heteroatoms. The minimum Gasteiger partial charge on any atom is -0.0822 e. The average molecular weight is 154 g/mol. The maximum Gasteiger partial charge on any atom is 0.0275 e. The third-order valence-electron chi connectivity index (χ3n) is 3.26. The number of allylic oxidation sites excluding steroid dienone is 2. The van der Waals surface area contributed by atoms with Gasteiger partial charge in [0, 0.05) is 1.37 Å². The Balaban J connectivity index is 3.01. The van der Waals surface area contributed by atoms with Crippen molar-refractivity contribution < 1.29 is 1.37 Å². The molecule has 0 aromatic carbocycles. The van der Waals surface area contributed by atoms with Gasteiger partial charge in [-0.3, -0.25) is 0 Å². The van der Waals surface area contributed by atoms with Crippen LogP contribution >= 0.6 is 0 Å². The smallest absolute Gasteiger partial charge is 0.0275 e. The second kappa shape index (κ2) is 2.66. The highest BCUT2D eigenvalue weighted by Gasteiger charge is 2.31. The first-order valence-electron chi connectivity index (χ1n) is 5.06. The number of hydrogen-bond donors (Lipinski definition) is 0. The summed E-state index contributed by atoms with van der Waals surface area (Å²) in [5, 5.41) is 0. The predicted molar refractivity (Wildman–Crippen MR) is 50.5 cm³/mol. The van der Waals surface area contributed by atoms with Crippen LogP contribution in [0.25, 0.3) is 0 Å². The minimum atomic E-state index is 0.0729. The SMILES string of the molecule is [3H]C1C(C)C=C(C)C(C)(C)C1C. The lowest BCUT2D eigenvalue weighted by molar-refractivity contribution is 0.230. The second-order valence-electron chi connectivity index (χ2n) is 4.41. The van der Waals surface area contributed by atoms with Crippen LogP contribution in [0.1, 0.15) is 42.4 Å². The lowest BCUT2D eigenvalue weighted by atomic mass is 9.67. The summed E-state index contributed by atoms with van der Waals surface area (Å²) in [6.45, 7) is 11.0. The fourth-order valence-corrected chi connectivity index (χ4v) is 1.72. The van der Waals surface area contributed by atoms with Gasteiger partial charge in [0.2, 0.25) is 0 Å². The molecule has 1 aliphatic carbocycles. The summed E-state index contributed by atoms with van der Waals surface area (Å²) in [4.78, 5) is 0. The van der Waals surface area contributed by atoms with Crippen LogP contribution in [0.15, 0.2) is 11.6 Å². The van der Waals surface area contributed by atoms with Crippen LogP contribution in [-0.4, -0.2) is 0 Å². The zero-order valence-electron chi connectivity index (χ0n) is 9.31. The summed E-state index contributed by atoms with van der Waals surface area (Å²) in [7, 11) is 0. The first kappa shape index (κ1) is 7.39. The lowest BCUT2D eigenvalue weighted by Gasteiger charge is -2.38. The molecule has 0 N–H and O–H groups in total. The van der Waals surface area contributed by atoms with E-state index in [-0.39, 0.29) is 11.8 Å². The molecule has 0 bridgehead atoms. The third-order valence-corrected chi connectivity index (χ3v) is 3.26. The normalized spacial score (nSPS) is 44.6. The maximum atomic E-state index is 7.99. The van der Waals surface area contributed by atoms with E-state index in [1.165, 1.54) is 5.57 Å². The molecular formula is C11H20. The van der Waals surface area contributed by atoms with Crippen molar-refractivity contribution in [2.24, 2.45) is 17.3 Å². The molecule has 64 valence electrons. The molecule has 0 fully saturated rings. The Hall–Kier alpha value is -0.260. The van der Waals surface area contributed by atoms with Crippen molar-refractivity contribution in [1.82, 2.24) is 0 Å². The van der Waals surface area contributed by atoms with Crippen LogP contribution in [0.3, 0.4) is 0 Å². The summed E-state index contributed by atoms with van der Waals surface area (Å²) < 4.78 is 7.99. The molecule has 0 spiro atoms. The van der Waals surface area contributed by atoms with E-state index in [1.54, 1.807) is 0 Å². The minimum absolute atomic E-state index is 0.0729.